The second kappa shape index (κ2) is 4.27. The lowest BCUT2D eigenvalue weighted by molar-refractivity contribution is 0.253. The van der Waals surface area contributed by atoms with E-state index in [-0.39, 0.29) is 0 Å². The molecule has 0 aromatic heterocycles. The molecule has 1 rings (SSSR count). The normalized spacial score (nSPS) is 32.8. The molecule has 0 heterocycles. The summed E-state index contributed by atoms with van der Waals surface area (Å²) in [6.07, 6.45) is 4.32. The smallest absolute Gasteiger partial charge is 0.0118 e. The van der Waals surface area contributed by atoms with Crippen LogP contribution in [0.2, 0.25) is 0 Å². The third-order valence-corrected chi connectivity index (χ3v) is 3.44. The quantitative estimate of drug-likeness (QED) is 0.685. The molecule has 0 aromatic carbocycles. The van der Waals surface area contributed by atoms with Crippen LogP contribution in [0.25, 0.3) is 0 Å². The first-order chi connectivity index (χ1) is 5.66. The zero-order valence-corrected chi connectivity index (χ0v) is 8.93. The van der Waals surface area contributed by atoms with E-state index in [9.17, 15) is 0 Å². The van der Waals surface area contributed by atoms with Crippen molar-refractivity contribution in [3.8, 4) is 0 Å². The summed E-state index contributed by atoms with van der Waals surface area (Å²) in [6, 6.07) is 0.738. The Morgan fingerprint density at radius 1 is 1.25 bits per heavy atom. The molecule has 12 heavy (non-hydrogen) atoms. The predicted octanol–water partition coefficient (Wildman–Crippen LogP) is 2.67. The minimum Gasteiger partial charge on any atom is -0.316 e. The van der Waals surface area contributed by atoms with Crippen LogP contribution in [0, 0.1) is 17.8 Å². The van der Waals surface area contributed by atoms with Crippen LogP contribution in [0.5, 0.6) is 0 Å². The molecular weight excluding hydrogens is 146 g/mol. The van der Waals surface area contributed by atoms with Crippen LogP contribution >= 0.6 is 0 Å². The first-order valence-electron chi connectivity index (χ1n) is 5.34. The lowest BCUT2D eigenvalue weighted by Crippen LogP contribution is -2.39. The van der Waals surface area contributed by atoms with Crippen LogP contribution in [0.15, 0.2) is 0 Å². The molecule has 3 atom stereocenters. The third kappa shape index (κ3) is 2.01. The van der Waals surface area contributed by atoms with Gasteiger partial charge in [0, 0.05) is 6.04 Å². The highest BCUT2D eigenvalue weighted by molar-refractivity contribution is 4.85. The van der Waals surface area contributed by atoms with Crippen molar-refractivity contribution in [2.45, 2.75) is 46.1 Å². The van der Waals surface area contributed by atoms with Crippen molar-refractivity contribution < 1.29 is 0 Å². The van der Waals surface area contributed by atoms with Crippen molar-refractivity contribution >= 4 is 0 Å². The van der Waals surface area contributed by atoms with Gasteiger partial charge in [-0.1, -0.05) is 33.6 Å². The molecule has 72 valence electrons. The van der Waals surface area contributed by atoms with E-state index in [1.54, 1.807) is 0 Å². The summed E-state index contributed by atoms with van der Waals surface area (Å²) >= 11 is 0. The van der Waals surface area contributed by atoms with Crippen LogP contribution in [0.4, 0.5) is 0 Å². The fourth-order valence-corrected chi connectivity index (χ4v) is 2.75. The van der Waals surface area contributed by atoms with Gasteiger partial charge in [0.2, 0.25) is 0 Å². The molecule has 0 aliphatic heterocycles. The van der Waals surface area contributed by atoms with Gasteiger partial charge in [-0.2, -0.15) is 0 Å². The van der Waals surface area contributed by atoms with E-state index < -0.39 is 0 Å². The Labute approximate surface area is 76.9 Å². The van der Waals surface area contributed by atoms with E-state index in [2.05, 4.69) is 33.1 Å². The highest BCUT2D eigenvalue weighted by Gasteiger charge is 2.31. The number of hydrogen-bond acceptors (Lipinski definition) is 1. The highest BCUT2D eigenvalue weighted by atomic mass is 14.9. The molecule has 1 fully saturated rings. The molecule has 0 amide bonds. The Hall–Kier alpha value is -0.0400. The SMILES string of the molecule is CNC(C(C)C)[C@@H]1CCCC1C. The average molecular weight is 169 g/mol. The Morgan fingerprint density at radius 2 is 1.92 bits per heavy atom. The van der Waals surface area contributed by atoms with Crippen LogP contribution in [-0.2, 0) is 0 Å². The fraction of sp³-hybridized carbons (Fsp3) is 1.00. The van der Waals surface area contributed by atoms with Gasteiger partial charge >= 0.3 is 0 Å². The molecular formula is C11H23N. The lowest BCUT2D eigenvalue weighted by atomic mass is 9.84. The van der Waals surface area contributed by atoms with Gasteiger partial charge in [-0.3, -0.25) is 0 Å². The van der Waals surface area contributed by atoms with Gasteiger partial charge in [-0.15, -0.1) is 0 Å². The van der Waals surface area contributed by atoms with Gasteiger partial charge in [-0.05, 0) is 31.2 Å². The van der Waals surface area contributed by atoms with E-state index in [4.69, 9.17) is 0 Å². The van der Waals surface area contributed by atoms with Gasteiger partial charge in [-0.25, -0.2) is 0 Å². The lowest BCUT2D eigenvalue weighted by Gasteiger charge is -2.29. The second-order valence-electron chi connectivity index (χ2n) is 4.63. The molecule has 1 nitrogen and oxygen atoms in total. The number of hydrogen-bond donors (Lipinski definition) is 1. The monoisotopic (exact) mass is 169 g/mol. The number of rotatable bonds is 3. The topological polar surface area (TPSA) is 12.0 Å². The fourth-order valence-electron chi connectivity index (χ4n) is 2.75. The maximum Gasteiger partial charge on any atom is 0.0118 e. The van der Waals surface area contributed by atoms with Crippen molar-refractivity contribution in [1.82, 2.24) is 5.32 Å². The van der Waals surface area contributed by atoms with E-state index in [0.717, 1.165) is 23.8 Å². The average Bonchev–Trinajstić information content (AvgIpc) is 2.38. The molecule has 1 saturated carbocycles. The van der Waals surface area contributed by atoms with Crippen molar-refractivity contribution in [2.24, 2.45) is 17.8 Å². The van der Waals surface area contributed by atoms with Crippen molar-refractivity contribution in [2.75, 3.05) is 7.05 Å². The molecule has 2 unspecified atom stereocenters. The van der Waals surface area contributed by atoms with Crippen molar-refractivity contribution in [3.05, 3.63) is 0 Å². The minimum absolute atomic E-state index is 0.738. The molecule has 1 aliphatic rings. The summed E-state index contributed by atoms with van der Waals surface area (Å²) in [5.41, 5.74) is 0. The summed E-state index contributed by atoms with van der Waals surface area (Å²) in [6.45, 7) is 7.06. The summed E-state index contributed by atoms with van der Waals surface area (Å²) < 4.78 is 0. The largest absolute Gasteiger partial charge is 0.316 e. The zero-order chi connectivity index (χ0) is 9.14. The molecule has 0 spiro atoms. The van der Waals surface area contributed by atoms with Crippen molar-refractivity contribution in [3.63, 3.8) is 0 Å². The minimum atomic E-state index is 0.738. The molecule has 0 radical (unpaired) electrons. The standard InChI is InChI=1S/C11H23N/c1-8(2)11(12-4)10-7-5-6-9(10)3/h8-12H,5-7H2,1-4H3/t9?,10-,11?/m1/s1. The second-order valence-corrected chi connectivity index (χ2v) is 4.63. The first kappa shape index (κ1) is 10.0. The van der Waals surface area contributed by atoms with Gasteiger partial charge in [0.05, 0.1) is 0 Å². The summed E-state index contributed by atoms with van der Waals surface area (Å²) in [4.78, 5) is 0. The van der Waals surface area contributed by atoms with Gasteiger partial charge in [0.1, 0.15) is 0 Å². The Morgan fingerprint density at radius 3 is 2.25 bits per heavy atom. The third-order valence-electron chi connectivity index (χ3n) is 3.44. The summed E-state index contributed by atoms with van der Waals surface area (Å²) in [5, 5.41) is 3.47. The molecule has 1 N–H and O–H groups in total. The summed E-state index contributed by atoms with van der Waals surface area (Å²) in [7, 11) is 2.11. The van der Waals surface area contributed by atoms with Gasteiger partial charge < -0.3 is 5.32 Å². The van der Waals surface area contributed by atoms with Crippen LogP contribution in [0.3, 0.4) is 0 Å². The highest BCUT2D eigenvalue weighted by Crippen LogP contribution is 2.35. The van der Waals surface area contributed by atoms with Crippen LogP contribution < -0.4 is 5.32 Å². The van der Waals surface area contributed by atoms with E-state index >= 15 is 0 Å². The Bertz CT molecular complexity index is 131. The maximum atomic E-state index is 3.47. The molecule has 1 heteroatoms. The summed E-state index contributed by atoms with van der Waals surface area (Å²) in [5.74, 6) is 2.64. The Kier molecular flexibility index (Phi) is 3.57. The first-order valence-corrected chi connectivity index (χ1v) is 5.34. The molecule has 1 aliphatic carbocycles. The van der Waals surface area contributed by atoms with Crippen LogP contribution in [0.1, 0.15) is 40.0 Å². The van der Waals surface area contributed by atoms with E-state index in [1.165, 1.54) is 19.3 Å². The predicted molar refractivity (Wildman–Crippen MR) is 54.2 cm³/mol. The van der Waals surface area contributed by atoms with E-state index in [1.807, 2.05) is 0 Å². The molecule has 0 bridgehead atoms. The van der Waals surface area contributed by atoms with Gasteiger partial charge in [0.25, 0.3) is 0 Å². The van der Waals surface area contributed by atoms with Crippen molar-refractivity contribution in [1.29, 1.82) is 0 Å². The molecule has 0 saturated heterocycles. The number of nitrogens with one attached hydrogen (secondary N) is 1. The Balaban J connectivity index is 2.52. The van der Waals surface area contributed by atoms with Gasteiger partial charge in [0.15, 0.2) is 0 Å². The van der Waals surface area contributed by atoms with E-state index in [0.29, 0.717) is 0 Å². The zero-order valence-electron chi connectivity index (χ0n) is 8.93. The van der Waals surface area contributed by atoms with Crippen LogP contribution in [-0.4, -0.2) is 13.1 Å². The maximum absolute atomic E-state index is 3.47. The molecule has 0 aromatic rings.